The first-order valence-corrected chi connectivity index (χ1v) is 7.63. The Balaban J connectivity index is 1.70. The molecule has 24 heavy (non-hydrogen) atoms. The van der Waals surface area contributed by atoms with Gasteiger partial charge in [-0.15, -0.1) is 0 Å². The van der Waals surface area contributed by atoms with Gasteiger partial charge in [0.1, 0.15) is 11.5 Å². The highest BCUT2D eigenvalue weighted by atomic mass is 35.5. The monoisotopic (exact) mass is 342 g/mol. The second-order valence-electron chi connectivity index (χ2n) is 5.22. The van der Waals surface area contributed by atoms with E-state index in [4.69, 9.17) is 16.0 Å². The van der Waals surface area contributed by atoms with E-state index in [0.29, 0.717) is 22.2 Å². The van der Waals surface area contributed by atoms with Gasteiger partial charge < -0.3 is 4.42 Å². The predicted octanol–water partition coefficient (Wildman–Crippen LogP) is 3.79. The number of carbonyl (C=O) groups excluding carboxylic acids is 1. The number of hydrogen-bond donors (Lipinski definition) is 2. The summed E-state index contributed by atoms with van der Waals surface area (Å²) in [5.74, 6) is 1.00. The van der Waals surface area contributed by atoms with Crippen LogP contribution in [0.3, 0.4) is 0 Å². The molecule has 0 aliphatic carbocycles. The standard InChI is InChI=1S/C17H15ClN4O2/c1-10-3-8-16(24-10)14-9-15(21-20-14)17(23)22-19-11(2)12-4-6-13(18)7-5-12/h3-9H,1-2H3,(H,20,21)(H,22,23)/b19-11-. The van der Waals surface area contributed by atoms with Crippen molar-refractivity contribution in [2.45, 2.75) is 13.8 Å². The molecule has 0 unspecified atom stereocenters. The molecule has 6 nitrogen and oxygen atoms in total. The fraction of sp³-hybridized carbons (Fsp3) is 0.118. The molecule has 0 aliphatic heterocycles. The van der Waals surface area contributed by atoms with Gasteiger partial charge in [0.25, 0.3) is 5.91 Å². The number of aromatic nitrogens is 2. The molecule has 2 aromatic heterocycles. The maximum Gasteiger partial charge on any atom is 0.291 e. The first-order chi connectivity index (χ1) is 11.5. The third-order valence-electron chi connectivity index (χ3n) is 3.40. The van der Waals surface area contributed by atoms with Gasteiger partial charge in [-0.1, -0.05) is 23.7 Å². The van der Waals surface area contributed by atoms with Crippen LogP contribution < -0.4 is 5.43 Å². The minimum absolute atomic E-state index is 0.228. The predicted molar refractivity (Wildman–Crippen MR) is 92.2 cm³/mol. The number of carbonyl (C=O) groups is 1. The third-order valence-corrected chi connectivity index (χ3v) is 3.66. The van der Waals surface area contributed by atoms with Gasteiger partial charge in [0.05, 0.1) is 5.71 Å². The van der Waals surface area contributed by atoms with Gasteiger partial charge in [-0.2, -0.15) is 10.2 Å². The summed E-state index contributed by atoms with van der Waals surface area (Å²) in [7, 11) is 0. The van der Waals surface area contributed by atoms with E-state index in [9.17, 15) is 4.79 Å². The molecule has 2 heterocycles. The van der Waals surface area contributed by atoms with Crippen molar-refractivity contribution in [3.63, 3.8) is 0 Å². The van der Waals surface area contributed by atoms with E-state index in [-0.39, 0.29) is 5.69 Å². The van der Waals surface area contributed by atoms with E-state index in [1.807, 2.05) is 31.2 Å². The maximum absolute atomic E-state index is 12.1. The molecule has 0 radical (unpaired) electrons. The lowest BCUT2D eigenvalue weighted by Gasteiger charge is -2.01. The number of hydrazone groups is 1. The molecule has 7 heteroatoms. The van der Waals surface area contributed by atoms with Crippen LogP contribution in [0.4, 0.5) is 0 Å². The van der Waals surface area contributed by atoms with Crippen molar-refractivity contribution in [1.29, 1.82) is 0 Å². The maximum atomic E-state index is 12.1. The molecule has 0 bridgehead atoms. The Morgan fingerprint density at radius 1 is 1.25 bits per heavy atom. The number of nitrogens with one attached hydrogen (secondary N) is 2. The molecule has 0 saturated heterocycles. The lowest BCUT2D eigenvalue weighted by Crippen LogP contribution is -2.19. The number of aryl methyl sites for hydroxylation is 1. The van der Waals surface area contributed by atoms with E-state index in [0.717, 1.165) is 11.3 Å². The van der Waals surface area contributed by atoms with E-state index < -0.39 is 5.91 Å². The molecular formula is C17H15ClN4O2. The minimum atomic E-state index is -0.408. The van der Waals surface area contributed by atoms with Crippen LogP contribution >= 0.6 is 11.6 Å². The van der Waals surface area contributed by atoms with Crippen molar-refractivity contribution < 1.29 is 9.21 Å². The number of H-pyrrole nitrogens is 1. The fourth-order valence-electron chi connectivity index (χ4n) is 2.09. The summed E-state index contributed by atoms with van der Waals surface area (Å²) in [4.78, 5) is 12.1. The fourth-order valence-corrected chi connectivity index (χ4v) is 2.22. The smallest absolute Gasteiger partial charge is 0.291 e. The van der Waals surface area contributed by atoms with E-state index >= 15 is 0 Å². The number of nitrogens with zero attached hydrogens (tertiary/aromatic N) is 2. The van der Waals surface area contributed by atoms with Crippen molar-refractivity contribution in [3.8, 4) is 11.5 Å². The van der Waals surface area contributed by atoms with Crippen molar-refractivity contribution in [3.05, 3.63) is 64.5 Å². The van der Waals surface area contributed by atoms with Crippen LogP contribution in [0.5, 0.6) is 0 Å². The molecule has 0 spiro atoms. The molecule has 0 fully saturated rings. The highest BCUT2D eigenvalue weighted by Crippen LogP contribution is 2.20. The minimum Gasteiger partial charge on any atom is -0.460 e. The van der Waals surface area contributed by atoms with Crippen molar-refractivity contribution in [2.75, 3.05) is 0 Å². The quantitative estimate of drug-likeness (QED) is 0.559. The summed E-state index contributed by atoms with van der Waals surface area (Å²) < 4.78 is 5.49. The van der Waals surface area contributed by atoms with Crippen LogP contribution in [0.25, 0.3) is 11.5 Å². The Kier molecular flexibility index (Phi) is 4.48. The normalized spacial score (nSPS) is 11.5. The molecular weight excluding hydrogens is 328 g/mol. The number of hydrogen-bond acceptors (Lipinski definition) is 4. The zero-order valence-corrected chi connectivity index (χ0v) is 13.9. The summed E-state index contributed by atoms with van der Waals surface area (Å²) in [6.07, 6.45) is 0. The van der Waals surface area contributed by atoms with Crippen molar-refractivity contribution >= 4 is 23.2 Å². The number of benzene rings is 1. The van der Waals surface area contributed by atoms with E-state index in [2.05, 4.69) is 20.7 Å². The zero-order valence-electron chi connectivity index (χ0n) is 13.1. The van der Waals surface area contributed by atoms with Gasteiger partial charge in [-0.3, -0.25) is 9.89 Å². The summed E-state index contributed by atoms with van der Waals surface area (Å²) in [6.45, 7) is 3.65. The molecule has 0 saturated carbocycles. The van der Waals surface area contributed by atoms with Crippen molar-refractivity contribution in [2.24, 2.45) is 5.10 Å². The number of halogens is 1. The third kappa shape index (κ3) is 3.55. The summed E-state index contributed by atoms with van der Waals surface area (Å²) in [5, 5.41) is 11.5. The first-order valence-electron chi connectivity index (χ1n) is 7.26. The molecule has 2 N–H and O–H groups in total. The van der Waals surface area contributed by atoms with Gasteiger partial charge in [0, 0.05) is 11.1 Å². The second kappa shape index (κ2) is 6.72. The van der Waals surface area contributed by atoms with Gasteiger partial charge in [-0.05, 0) is 43.7 Å². The lowest BCUT2D eigenvalue weighted by atomic mass is 10.1. The summed E-state index contributed by atoms with van der Waals surface area (Å²) >= 11 is 5.85. The van der Waals surface area contributed by atoms with Crippen LogP contribution in [-0.4, -0.2) is 21.8 Å². The second-order valence-corrected chi connectivity index (χ2v) is 5.66. The molecule has 0 aliphatic rings. The molecule has 1 aromatic carbocycles. The molecule has 0 atom stereocenters. The number of furan rings is 1. The average molecular weight is 343 g/mol. The molecule has 1 amide bonds. The van der Waals surface area contributed by atoms with E-state index in [1.54, 1.807) is 25.1 Å². The van der Waals surface area contributed by atoms with Crippen molar-refractivity contribution in [1.82, 2.24) is 15.6 Å². The Hall–Kier alpha value is -2.86. The Labute approximate surface area is 143 Å². The van der Waals surface area contributed by atoms with Gasteiger partial charge >= 0.3 is 0 Å². The van der Waals surface area contributed by atoms with Crippen LogP contribution in [0.15, 0.2) is 52.0 Å². The Morgan fingerprint density at radius 3 is 2.67 bits per heavy atom. The van der Waals surface area contributed by atoms with Gasteiger partial charge in [0.15, 0.2) is 11.5 Å². The van der Waals surface area contributed by atoms with Crippen LogP contribution in [0.2, 0.25) is 5.02 Å². The highest BCUT2D eigenvalue weighted by molar-refractivity contribution is 6.30. The number of amides is 1. The Bertz CT molecular complexity index is 893. The van der Waals surface area contributed by atoms with Crippen LogP contribution in [0.1, 0.15) is 28.7 Å². The van der Waals surface area contributed by atoms with Gasteiger partial charge in [0.2, 0.25) is 0 Å². The molecule has 3 rings (SSSR count). The summed E-state index contributed by atoms with van der Waals surface area (Å²) in [5.41, 5.74) is 4.88. The largest absolute Gasteiger partial charge is 0.460 e. The highest BCUT2D eigenvalue weighted by Gasteiger charge is 2.13. The SMILES string of the molecule is C/C(=N/NC(=O)c1cc(-c2ccc(C)o2)[nH]n1)c1ccc(Cl)cc1. The number of rotatable bonds is 4. The zero-order chi connectivity index (χ0) is 17.1. The lowest BCUT2D eigenvalue weighted by molar-refractivity contribution is 0.0950. The summed E-state index contributed by atoms with van der Waals surface area (Å²) in [6, 6.07) is 12.5. The first kappa shape index (κ1) is 16.0. The van der Waals surface area contributed by atoms with Crippen LogP contribution in [0, 0.1) is 6.92 Å². The van der Waals surface area contributed by atoms with Crippen LogP contribution in [-0.2, 0) is 0 Å². The average Bonchev–Trinajstić information content (AvgIpc) is 3.22. The topological polar surface area (TPSA) is 83.3 Å². The molecule has 122 valence electrons. The van der Waals surface area contributed by atoms with Gasteiger partial charge in [-0.25, -0.2) is 5.43 Å². The van der Waals surface area contributed by atoms with E-state index in [1.165, 1.54) is 0 Å². The number of aromatic amines is 1. The Morgan fingerprint density at radius 2 is 2.00 bits per heavy atom. The molecule has 3 aromatic rings.